The molecule has 0 saturated heterocycles. The smallest absolute Gasteiger partial charge is 0.242 e. The van der Waals surface area contributed by atoms with Crippen LogP contribution in [-0.4, -0.2) is 51.0 Å². The molecule has 0 aliphatic carbocycles. The summed E-state index contributed by atoms with van der Waals surface area (Å²) in [6.45, 7) is 1.93. The summed E-state index contributed by atoms with van der Waals surface area (Å²) in [6.07, 6.45) is 1.60. The van der Waals surface area contributed by atoms with Crippen LogP contribution in [0.3, 0.4) is 0 Å². The number of hydrogen-bond donors (Lipinski definition) is 1. The SMILES string of the molecule is CNC(=O)C(Cc1ccccc1)N(Cc1ccc(F)cc1)C(=O)CCCN(c1cc(Cl)ccc1C)S(C)(=O)=O. The van der Waals surface area contributed by atoms with Gasteiger partial charge in [-0.3, -0.25) is 13.9 Å². The van der Waals surface area contributed by atoms with Crippen LogP contribution in [0.5, 0.6) is 0 Å². The van der Waals surface area contributed by atoms with E-state index in [0.29, 0.717) is 16.3 Å². The number of amides is 2. The van der Waals surface area contributed by atoms with Crippen LogP contribution < -0.4 is 9.62 Å². The number of nitrogens with zero attached hydrogens (tertiary/aromatic N) is 2. The van der Waals surface area contributed by atoms with Gasteiger partial charge in [-0.25, -0.2) is 12.8 Å². The van der Waals surface area contributed by atoms with Gasteiger partial charge in [-0.05, 0) is 54.3 Å². The molecule has 0 spiro atoms. The molecule has 0 aliphatic rings. The van der Waals surface area contributed by atoms with Gasteiger partial charge in [-0.1, -0.05) is 60.1 Å². The van der Waals surface area contributed by atoms with E-state index >= 15 is 0 Å². The first kappa shape index (κ1) is 30.1. The molecule has 3 aromatic carbocycles. The zero-order chi connectivity index (χ0) is 28.6. The molecule has 2 amide bonds. The highest BCUT2D eigenvalue weighted by molar-refractivity contribution is 7.92. The molecule has 0 aliphatic heterocycles. The number of likely N-dealkylation sites (N-methyl/N-ethyl adjacent to an activating group) is 1. The highest BCUT2D eigenvalue weighted by Crippen LogP contribution is 2.27. The molecule has 0 aromatic heterocycles. The third-order valence-electron chi connectivity index (χ3n) is 6.38. The lowest BCUT2D eigenvalue weighted by molar-refractivity contribution is -0.141. The standard InChI is InChI=1S/C29H33ClFN3O4S/c1-21-11-14-24(30)19-26(21)34(39(3,37)38)17-7-10-28(35)33(20-23-12-15-25(31)16-13-23)27(29(36)32-2)18-22-8-5-4-6-9-22/h4-6,8-9,11-16,19,27H,7,10,17-18,20H2,1-3H3,(H,32,36). The summed E-state index contributed by atoms with van der Waals surface area (Å²) < 4.78 is 40.0. The second-order valence-corrected chi connectivity index (χ2v) is 11.7. The van der Waals surface area contributed by atoms with Crippen LogP contribution in [-0.2, 0) is 32.6 Å². The molecule has 1 N–H and O–H groups in total. The van der Waals surface area contributed by atoms with E-state index < -0.39 is 21.9 Å². The fourth-order valence-corrected chi connectivity index (χ4v) is 5.52. The summed E-state index contributed by atoms with van der Waals surface area (Å²) in [5.74, 6) is -1.05. The maximum atomic E-state index is 13.6. The van der Waals surface area contributed by atoms with Gasteiger partial charge in [0, 0.05) is 38.0 Å². The summed E-state index contributed by atoms with van der Waals surface area (Å²) in [5, 5.41) is 3.05. The van der Waals surface area contributed by atoms with Crippen molar-refractivity contribution in [1.82, 2.24) is 10.2 Å². The second kappa shape index (κ2) is 13.6. The maximum absolute atomic E-state index is 13.6. The van der Waals surface area contributed by atoms with Crippen molar-refractivity contribution in [3.63, 3.8) is 0 Å². The van der Waals surface area contributed by atoms with Crippen LogP contribution in [0.1, 0.15) is 29.5 Å². The lowest BCUT2D eigenvalue weighted by Crippen LogP contribution is -2.49. The molecule has 0 heterocycles. The van der Waals surface area contributed by atoms with Gasteiger partial charge < -0.3 is 10.2 Å². The Balaban J connectivity index is 1.86. The van der Waals surface area contributed by atoms with E-state index in [-0.39, 0.29) is 44.2 Å². The van der Waals surface area contributed by atoms with E-state index in [9.17, 15) is 22.4 Å². The van der Waals surface area contributed by atoms with Crippen molar-refractivity contribution in [2.75, 3.05) is 24.2 Å². The Kier molecular flexibility index (Phi) is 10.5. The van der Waals surface area contributed by atoms with Gasteiger partial charge in [-0.2, -0.15) is 0 Å². The number of nitrogens with one attached hydrogen (secondary N) is 1. The van der Waals surface area contributed by atoms with Gasteiger partial charge in [0.05, 0.1) is 11.9 Å². The molecule has 1 atom stereocenters. The van der Waals surface area contributed by atoms with E-state index in [1.807, 2.05) is 30.3 Å². The number of aryl methyl sites for hydroxylation is 1. The molecule has 39 heavy (non-hydrogen) atoms. The topological polar surface area (TPSA) is 86.8 Å². The second-order valence-electron chi connectivity index (χ2n) is 9.34. The lowest BCUT2D eigenvalue weighted by atomic mass is 10.0. The van der Waals surface area contributed by atoms with Gasteiger partial charge in [0.15, 0.2) is 0 Å². The zero-order valence-electron chi connectivity index (χ0n) is 22.2. The Labute approximate surface area is 234 Å². The highest BCUT2D eigenvalue weighted by Gasteiger charge is 2.30. The molecule has 0 bridgehead atoms. The molecule has 3 aromatic rings. The van der Waals surface area contributed by atoms with Crippen molar-refractivity contribution < 1.29 is 22.4 Å². The van der Waals surface area contributed by atoms with Crippen molar-refractivity contribution in [3.05, 3.63) is 100 Å². The number of benzene rings is 3. The van der Waals surface area contributed by atoms with Crippen LogP contribution >= 0.6 is 11.6 Å². The monoisotopic (exact) mass is 573 g/mol. The molecular formula is C29H33ClFN3O4S. The third kappa shape index (κ3) is 8.53. The number of rotatable bonds is 12. The molecule has 0 saturated carbocycles. The number of carbonyl (C=O) groups is 2. The van der Waals surface area contributed by atoms with E-state index in [1.54, 1.807) is 37.3 Å². The normalized spacial score (nSPS) is 12.0. The summed E-state index contributed by atoms with van der Waals surface area (Å²) in [4.78, 5) is 28.1. The highest BCUT2D eigenvalue weighted by atomic mass is 35.5. The van der Waals surface area contributed by atoms with Crippen molar-refractivity contribution in [3.8, 4) is 0 Å². The van der Waals surface area contributed by atoms with Gasteiger partial charge in [-0.15, -0.1) is 0 Å². The Morgan fingerprint density at radius 2 is 1.67 bits per heavy atom. The Bertz CT molecular complexity index is 1390. The van der Waals surface area contributed by atoms with Crippen LogP contribution in [0.2, 0.25) is 5.02 Å². The zero-order valence-corrected chi connectivity index (χ0v) is 23.8. The molecule has 208 valence electrons. The van der Waals surface area contributed by atoms with E-state index in [4.69, 9.17) is 11.6 Å². The third-order valence-corrected chi connectivity index (χ3v) is 7.79. The maximum Gasteiger partial charge on any atom is 0.242 e. The van der Waals surface area contributed by atoms with Crippen LogP contribution in [0.15, 0.2) is 72.8 Å². The predicted molar refractivity (Wildman–Crippen MR) is 153 cm³/mol. The molecule has 0 fully saturated rings. The quantitative estimate of drug-likeness (QED) is 0.340. The summed E-state index contributed by atoms with van der Waals surface area (Å²) >= 11 is 6.12. The van der Waals surface area contributed by atoms with Gasteiger partial charge in [0.2, 0.25) is 21.8 Å². The molecule has 3 rings (SSSR count). The van der Waals surface area contributed by atoms with E-state index in [0.717, 1.165) is 17.4 Å². The molecule has 7 nitrogen and oxygen atoms in total. The molecule has 0 radical (unpaired) electrons. The predicted octanol–water partition coefficient (Wildman–Crippen LogP) is 4.72. The number of halogens is 2. The van der Waals surface area contributed by atoms with Crippen molar-refractivity contribution in [2.45, 2.75) is 38.8 Å². The number of anilines is 1. The van der Waals surface area contributed by atoms with E-state index in [1.165, 1.54) is 28.4 Å². The Morgan fingerprint density at radius 1 is 1.00 bits per heavy atom. The first-order valence-electron chi connectivity index (χ1n) is 12.5. The van der Waals surface area contributed by atoms with Crippen molar-refractivity contribution >= 4 is 39.1 Å². The Hall–Kier alpha value is -3.43. The van der Waals surface area contributed by atoms with Crippen molar-refractivity contribution in [1.29, 1.82) is 0 Å². The fourth-order valence-electron chi connectivity index (χ4n) is 4.34. The van der Waals surface area contributed by atoms with Gasteiger partial charge in [0.1, 0.15) is 11.9 Å². The lowest BCUT2D eigenvalue weighted by Gasteiger charge is -2.31. The van der Waals surface area contributed by atoms with Crippen LogP contribution in [0, 0.1) is 12.7 Å². The summed E-state index contributed by atoms with van der Waals surface area (Å²) in [5.41, 5.74) is 2.73. The Morgan fingerprint density at radius 3 is 2.28 bits per heavy atom. The average Bonchev–Trinajstić information content (AvgIpc) is 2.90. The summed E-state index contributed by atoms with van der Waals surface area (Å²) in [6, 6.07) is 19.3. The van der Waals surface area contributed by atoms with Gasteiger partial charge >= 0.3 is 0 Å². The first-order chi connectivity index (χ1) is 18.5. The minimum absolute atomic E-state index is 0.00485. The van der Waals surface area contributed by atoms with Crippen LogP contribution in [0.25, 0.3) is 0 Å². The minimum Gasteiger partial charge on any atom is -0.357 e. The minimum atomic E-state index is -3.65. The average molecular weight is 574 g/mol. The largest absolute Gasteiger partial charge is 0.357 e. The van der Waals surface area contributed by atoms with Crippen LogP contribution in [0.4, 0.5) is 10.1 Å². The molecule has 1 unspecified atom stereocenters. The molecular weight excluding hydrogens is 541 g/mol. The van der Waals surface area contributed by atoms with E-state index in [2.05, 4.69) is 5.32 Å². The summed E-state index contributed by atoms with van der Waals surface area (Å²) in [7, 11) is -2.14. The van der Waals surface area contributed by atoms with Crippen molar-refractivity contribution in [2.24, 2.45) is 0 Å². The number of carbonyl (C=O) groups excluding carboxylic acids is 2. The number of sulfonamides is 1. The van der Waals surface area contributed by atoms with Gasteiger partial charge in [0.25, 0.3) is 0 Å². The number of hydrogen-bond acceptors (Lipinski definition) is 4. The first-order valence-corrected chi connectivity index (χ1v) is 14.8. The molecule has 10 heteroatoms. The fraction of sp³-hybridized carbons (Fsp3) is 0.310.